The van der Waals surface area contributed by atoms with Gasteiger partial charge in [0.15, 0.2) is 0 Å². The molecule has 0 unspecified atom stereocenters. The van der Waals surface area contributed by atoms with Crippen LogP contribution in [-0.4, -0.2) is 52.4 Å². The first-order chi connectivity index (χ1) is 11.4. The lowest BCUT2D eigenvalue weighted by Crippen LogP contribution is -2.41. The van der Waals surface area contributed by atoms with Gasteiger partial charge in [-0.2, -0.15) is 5.10 Å². The standard InChI is InChI=1S/C17H20FN3O3/c1-12(10-21-14-6-4-3-5-13(14)9-19-21)15(22)20-8-7-17(18,11-20)16(23)24-2/h3-6,9,12H,7-8,10-11H2,1-2H3/t12-,17+/m1/s1. The number of carbonyl (C=O) groups is 2. The summed E-state index contributed by atoms with van der Waals surface area (Å²) in [7, 11) is 1.15. The van der Waals surface area contributed by atoms with Gasteiger partial charge in [0.1, 0.15) is 0 Å². The molecule has 0 N–H and O–H groups in total. The van der Waals surface area contributed by atoms with E-state index >= 15 is 0 Å². The predicted molar refractivity (Wildman–Crippen MR) is 85.9 cm³/mol. The van der Waals surface area contributed by atoms with Crippen molar-refractivity contribution in [3.05, 3.63) is 30.5 Å². The third kappa shape index (κ3) is 2.86. The number of rotatable bonds is 4. The summed E-state index contributed by atoms with van der Waals surface area (Å²) in [6.45, 7) is 2.16. The molecule has 0 radical (unpaired) electrons. The average Bonchev–Trinajstić information content (AvgIpc) is 3.18. The molecule has 2 atom stereocenters. The van der Waals surface area contributed by atoms with Crippen LogP contribution in [0.3, 0.4) is 0 Å². The molecular weight excluding hydrogens is 313 g/mol. The molecule has 2 aromatic rings. The Bertz CT molecular complexity index is 775. The fourth-order valence-electron chi connectivity index (χ4n) is 3.13. The van der Waals surface area contributed by atoms with Gasteiger partial charge in [0, 0.05) is 18.4 Å². The number of amides is 1. The van der Waals surface area contributed by atoms with Crippen LogP contribution in [0, 0.1) is 5.92 Å². The molecule has 24 heavy (non-hydrogen) atoms. The fraction of sp³-hybridized carbons (Fsp3) is 0.471. The van der Waals surface area contributed by atoms with Crippen LogP contribution in [0.15, 0.2) is 30.5 Å². The third-order valence-corrected chi connectivity index (χ3v) is 4.50. The average molecular weight is 333 g/mol. The molecule has 6 nitrogen and oxygen atoms in total. The number of methoxy groups -OCH3 is 1. The van der Waals surface area contributed by atoms with Crippen molar-refractivity contribution in [3.63, 3.8) is 0 Å². The van der Waals surface area contributed by atoms with E-state index in [4.69, 9.17) is 0 Å². The summed E-state index contributed by atoms with van der Waals surface area (Å²) in [6, 6.07) is 7.75. The van der Waals surface area contributed by atoms with E-state index in [0.29, 0.717) is 6.54 Å². The molecule has 0 saturated carbocycles. The monoisotopic (exact) mass is 333 g/mol. The topological polar surface area (TPSA) is 64.4 Å². The molecule has 7 heteroatoms. The van der Waals surface area contributed by atoms with Crippen LogP contribution in [0.1, 0.15) is 13.3 Å². The SMILES string of the molecule is COC(=O)[C@]1(F)CCN(C(=O)[C@H](C)Cn2ncc3ccccc32)C1. The van der Waals surface area contributed by atoms with E-state index in [-0.39, 0.29) is 31.3 Å². The number of benzene rings is 1. The largest absolute Gasteiger partial charge is 0.467 e. The smallest absolute Gasteiger partial charge is 0.345 e. The van der Waals surface area contributed by atoms with Gasteiger partial charge in [0.25, 0.3) is 0 Å². The minimum absolute atomic E-state index is 0.0250. The highest BCUT2D eigenvalue weighted by molar-refractivity contribution is 5.84. The lowest BCUT2D eigenvalue weighted by Gasteiger charge is -2.22. The maximum Gasteiger partial charge on any atom is 0.345 e. The Morgan fingerprint density at radius 2 is 2.17 bits per heavy atom. The second-order valence-electron chi connectivity index (χ2n) is 6.25. The summed E-state index contributed by atoms with van der Waals surface area (Å²) >= 11 is 0. The van der Waals surface area contributed by atoms with Crippen LogP contribution in [0.25, 0.3) is 10.9 Å². The Labute approximate surface area is 139 Å². The van der Waals surface area contributed by atoms with Crippen molar-refractivity contribution in [2.75, 3.05) is 20.2 Å². The van der Waals surface area contributed by atoms with Crippen molar-refractivity contribution < 1.29 is 18.7 Å². The number of halogens is 1. The highest BCUT2D eigenvalue weighted by Gasteiger charge is 2.48. The third-order valence-electron chi connectivity index (χ3n) is 4.50. The second-order valence-corrected chi connectivity index (χ2v) is 6.25. The molecule has 0 spiro atoms. The molecule has 1 fully saturated rings. The number of hydrogen-bond donors (Lipinski definition) is 0. The van der Waals surface area contributed by atoms with Crippen molar-refractivity contribution in [1.29, 1.82) is 0 Å². The molecule has 1 amide bonds. The molecule has 1 aromatic heterocycles. The van der Waals surface area contributed by atoms with Gasteiger partial charge in [-0.25, -0.2) is 9.18 Å². The Morgan fingerprint density at radius 1 is 1.42 bits per heavy atom. The van der Waals surface area contributed by atoms with Crippen LogP contribution in [0.4, 0.5) is 4.39 Å². The Hall–Kier alpha value is -2.44. The number of nitrogens with zero attached hydrogens (tertiary/aromatic N) is 3. The predicted octanol–water partition coefficient (Wildman–Crippen LogP) is 1.79. The first-order valence-corrected chi connectivity index (χ1v) is 7.91. The molecule has 1 aromatic carbocycles. The van der Waals surface area contributed by atoms with E-state index in [1.807, 2.05) is 24.3 Å². The molecule has 1 saturated heterocycles. The number of likely N-dealkylation sites (tertiary alicyclic amines) is 1. The molecule has 3 rings (SSSR count). The van der Waals surface area contributed by atoms with Crippen LogP contribution < -0.4 is 0 Å². The van der Waals surface area contributed by atoms with E-state index in [1.165, 1.54) is 4.90 Å². The summed E-state index contributed by atoms with van der Waals surface area (Å²) in [5.41, 5.74) is -1.14. The maximum atomic E-state index is 14.5. The minimum atomic E-state index is -2.09. The number of alkyl halides is 1. The van der Waals surface area contributed by atoms with E-state index in [2.05, 4.69) is 9.84 Å². The molecule has 1 aliphatic rings. The van der Waals surface area contributed by atoms with Gasteiger partial charge >= 0.3 is 5.97 Å². The maximum absolute atomic E-state index is 14.5. The lowest BCUT2D eigenvalue weighted by molar-refractivity contribution is -0.154. The summed E-state index contributed by atoms with van der Waals surface area (Å²) < 4.78 is 20.7. The van der Waals surface area contributed by atoms with Gasteiger partial charge in [-0.3, -0.25) is 9.48 Å². The van der Waals surface area contributed by atoms with Gasteiger partial charge in [-0.15, -0.1) is 0 Å². The van der Waals surface area contributed by atoms with Gasteiger partial charge in [0.05, 0.1) is 37.8 Å². The van der Waals surface area contributed by atoms with Crippen LogP contribution in [0.5, 0.6) is 0 Å². The zero-order valence-electron chi connectivity index (χ0n) is 13.7. The summed E-state index contributed by atoms with van der Waals surface area (Å²) in [5.74, 6) is -1.46. The van der Waals surface area contributed by atoms with Crippen LogP contribution in [-0.2, 0) is 20.9 Å². The van der Waals surface area contributed by atoms with Crippen LogP contribution in [0.2, 0.25) is 0 Å². The van der Waals surface area contributed by atoms with Crippen molar-refractivity contribution >= 4 is 22.8 Å². The normalized spacial score (nSPS) is 21.9. The zero-order chi connectivity index (χ0) is 17.3. The number of fused-ring (bicyclic) bond motifs is 1. The number of para-hydroxylation sites is 1. The fourth-order valence-corrected chi connectivity index (χ4v) is 3.13. The first kappa shape index (κ1) is 16.4. The first-order valence-electron chi connectivity index (χ1n) is 7.91. The zero-order valence-corrected chi connectivity index (χ0v) is 13.7. The van der Waals surface area contributed by atoms with Gasteiger partial charge in [-0.1, -0.05) is 25.1 Å². The van der Waals surface area contributed by atoms with Crippen molar-refractivity contribution in [2.45, 2.75) is 25.6 Å². The van der Waals surface area contributed by atoms with Crippen molar-refractivity contribution in [1.82, 2.24) is 14.7 Å². The van der Waals surface area contributed by atoms with Gasteiger partial charge < -0.3 is 9.64 Å². The molecular formula is C17H20FN3O3. The van der Waals surface area contributed by atoms with Gasteiger partial charge in [-0.05, 0) is 6.07 Å². The lowest BCUT2D eigenvalue weighted by atomic mass is 10.1. The Morgan fingerprint density at radius 3 is 2.92 bits per heavy atom. The van der Waals surface area contributed by atoms with E-state index < -0.39 is 11.6 Å². The molecule has 0 bridgehead atoms. The molecule has 128 valence electrons. The highest BCUT2D eigenvalue weighted by Crippen LogP contribution is 2.28. The van der Waals surface area contributed by atoms with Gasteiger partial charge in [0.2, 0.25) is 11.6 Å². The summed E-state index contributed by atoms with van der Waals surface area (Å²) in [4.78, 5) is 25.5. The molecule has 2 heterocycles. The van der Waals surface area contributed by atoms with E-state index in [0.717, 1.165) is 18.0 Å². The van der Waals surface area contributed by atoms with Crippen molar-refractivity contribution in [3.8, 4) is 0 Å². The molecule has 1 aliphatic heterocycles. The summed E-state index contributed by atoms with van der Waals surface area (Å²) in [5, 5.41) is 5.32. The minimum Gasteiger partial charge on any atom is -0.467 e. The summed E-state index contributed by atoms with van der Waals surface area (Å²) in [6.07, 6.45) is 1.73. The highest BCUT2D eigenvalue weighted by atomic mass is 19.1. The number of esters is 1. The van der Waals surface area contributed by atoms with Crippen LogP contribution >= 0.6 is 0 Å². The van der Waals surface area contributed by atoms with E-state index in [1.54, 1.807) is 17.8 Å². The number of ether oxygens (including phenoxy) is 1. The Balaban J connectivity index is 1.68. The number of hydrogen-bond acceptors (Lipinski definition) is 4. The second kappa shape index (κ2) is 6.22. The Kier molecular flexibility index (Phi) is 4.26. The van der Waals surface area contributed by atoms with Crippen molar-refractivity contribution in [2.24, 2.45) is 5.92 Å². The molecule has 0 aliphatic carbocycles. The number of aromatic nitrogens is 2. The quantitative estimate of drug-likeness (QED) is 0.800. The van der Waals surface area contributed by atoms with E-state index in [9.17, 15) is 14.0 Å². The number of carbonyl (C=O) groups excluding carboxylic acids is 2.